The first-order valence-electron chi connectivity index (χ1n) is 3.74. The Labute approximate surface area is 81.2 Å². The highest BCUT2D eigenvalue weighted by molar-refractivity contribution is 9.15. The van der Waals surface area contributed by atoms with Crippen molar-refractivity contribution in [1.29, 1.82) is 0 Å². The van der Waals surface area contributed by atoms with Crippen LogP contribution in [0.1, 0.15) is 12.5 Å². The highest BCUT2D eigenvalue weighted by Gasteiger charge is 2.02. The lowest BCUT2D eigenvalue weighted by molar-refractivity contribution is 0.414. The quantitative estimate of drug-likeness (QED) is 0.751. The third-order valence-corrected chi connectivity index (χ3v) is 2.50. The lowest BCUT2D eigenvalue weighted by Crippen LogP contribution is -1.87. The molecule has 0 heterocycles. The maximum absolute atomic E-state index is 5.20. The number of hydrogen-bond donors (Lipinski definition) is 0. The number of allylic oxidation sites excluding steroid dienone is 1. The molecule has 0 radical (unpaired) electrons. The van der Waals surface area contributed by atoms with Crippen LogP contribution in [0.4, 0.5) is 0 Å². The second-order valence-electron chi connectivity index (χ2n) is 2.34. The zero-order valence-corrected chi connectivity index (χ0v) is 8.76. The fraction of sp³-hybridized carbons (Fsp3) is 0.200. The number of methoxy groups -OCH3 is 1. The molecule has 0 saturated heterocycles. The summed E-state index contributed by atoms with van der Waals surface area (Å²) in [7, 11) is 1.68. The third-order valence-electron chi connectivity index (χ3n) is 1.62. The van der Waals surface area contributed by atoms with Crippen LogP contribution >= 0.6 is 15.9 Å². The highest BCUT2D eigenvalue weighted by atomic mass is 79.9. The zero-order chi connectivity index (χ0) is 8.97. The van der Waals surface area contributed by atoms with Crippen LogP contribution in [-0.4, -0.2) is 7.11 Å². The van der Waals surface area contributed by atoms with Crippen molar-refractivity contribution < 1.29 is 4.74 Å². The summed E-state index contributed by atoms with van der Waals surface area (Å²) in [4.78, 5) is 0. The first-order chi connectivity index (χ1) is 5.79. The smallest absolute Gasteiger partial charge is 0.127 e. The van der Waals surface area contributed by atoms with E-state index in [1.165, 1.54) is 0 Å². The molecule has 0 amide bonds. The van der Waals surface area contributed by atoms with Crippen molar-refractivity contribution in [2.75, 3.05) is 7.11 Å². The van der Waals surface area contributed by atoms with Crippen molar-refractivity contribution in [3.05, 3.63) is 35.9 Å². The van der Waals surface area contributed by atoms with Crippen LogP contribution in [0.5, 0.6) is 5.75 Å². The summed E-state index contributed by atoms with van der Waals surface area (Å²) in [5, 5.41) is 0. The Hall–Kier alpha value is -0.760. The van der Waals surface area contributed by atoms with E-state index in [-0.39, 0.29) is 0 Å². The molecule has 1 aromatic rings. The monoisotopic (exact) mass is 226 g/mol. The first-order valence-corrected chi connectivity index (χ1v) is 4.54. The number of halogens is 1. The van der Waals surface area contributed by atoms with Gasteiger partial charge in [-0.05, 0) is 13.0 Å². The molecule has 0 spiro atoms. The summed E-state index contributed by atoms with van der Waals surface area (Å²) >= 11 is 3.46. The Bertz CT molecular complexity index is 292. The normalized spacial score (nSPS) is 11.4. The molecular weight excluding hydrogens is 216 g/mol. The molecule has 0 aliphatic rings. The van der Waals surface area contributed by atoms with Crippen LogP contribution in [0.15, 0.2) is 30.3 Å². The van der Waals surface area contributed by atoms with Crippen molar-refractivity contribution in [2.24, 2.45) is 0 Å². The predicted octanol–water partition coefficient (Wildman–Crippen LogP) is 3.45. The average molecular weight is 227 g/mol. The van der Waals surface area contributed by atoms with Crippen LogP contribution < -0.4 is 4.74 Å². The molecule has 64 valence electrons. The van der Waals surface area contributed by atoms with Gasteiger partial charge in [0.05, 0.1) is 7.11 Å². The van der Waals surface area contributed by atoms with Crippen molar-refractivity contribution >= 4 is 20.4 Å². The number of rotatable bonds is 2. The van der Waals surface area contributed by atoms with E-state index in [1.54, 1.807) is 7.11 Å². The van der Waals surface area contributed by atoms with Gasteiger partial charge in [0.2, 0.25) is 0 Å². The van der Waals surface area contributed by atoms with E-state index in [9.17, 15) is 0 Å². The summed E-state index contributed by atoms with van der Waals surface area (Å²) in [6.07, 6.45) is 2.00. The molecule has 0 saturated carbocycles. The lowest BCUT2D eigenvalue weighted by atomic mass is 10.2. The first kappa shape index (κ1) is 9.33. The average Bonchev–Trinajstić information content (AvgIpc) is 2.16. The minimum Gasteiger partial charge on any atom is -0.496 e. The minimum atomic E-state index is 0.891. The Kier molecular flexibility index (Phi) is 3.35. The van der Waals surface area contributed by atoms with Gasteiger partial charge in [0, 0.05) is 10.0 Å². The van der Waals surface area contributed by atoms with Gasteiger partial charge in [-0.15, -0.1) is 0 Å². The fourth-order valence-corrected chi connectivity index (χ4v) is 1.33. The molecular formula is C10H11BrO. The molecule has 2 heteroatoms. The van der Waals surface area contributed by atoms with E-state index in [1.807, 2.05) is 37.3 Å². The third kappa shape index (κ3) is 1.89. The molecule has 1 aromatic carbocycles. The number of benzene rings is 1. The van der Waals surface area contributed by atoms with Gasteiger partial charge in [0.15, 0.2) is 0 Å². The van der Waals surface area contributed by atoms with E-state index < -0.39 is 0 Å². The van der Waals surface area contributed by atoms with Crippen LogP contribution in [0.25, 0.3) is 4.48 Å². The minimum absolute atomic E-state index is 0.891. The van der Waals surface area contributed by atoms with Gasteiger partial charge < -0.3 is 4.74 Å². The van der Waals surface area contributed by atoms with Gasteiger partial charge in [-0.25, -0.2) is 0 Å². The maximum atomic E-state index is 5.20. The number of para-hydroxylation sites is 1. The molecule has 0 N–H and O–H groups in total. The standard InChI is InChI=1S/C10H11BrO/c1-3-9(11)8-6-4-5-7-10(8)12-2/h3-7H,1-2H3/b9-3-. The summed E-state index contributed by atoms with van der Waals surface area (Å²) in [5.74, 6) is 0.891. The van der Waals surface area contributed by atoms with Crippen molar-refractivity contribution in [3.63, 3.8) is 0 Å². The van der Waals surface area contributed by atoms with Gasteiger partial charge in [-0.3, -0.25) is 0 Å². The molecule has 1 rings (SSSR count). The molecule has 0 aromatic heterocycles. The molecule has 0 bridgehead atoms. The summed E-state index contributed by atoms with van der Waals surface area (Å²) in [6.45, 7) is 1.98. The number of hydrogen-bond acceptors (Lipinski definition) is 1. The van der Waals surface area contributed by atoms with Gasteiger partial charge in [0.25, 0.3) is 0 Å². The van der Waals surface area contributed by atoms with Gasteiger partial charge in [-0.1, -0.05) is 40.2 Å². The zero-order valence-electron chi connectivity index (χ0n) is 7.17. The van der Waals surface area contributed by atoms with Crippen LogP contribution in [0, 0.1) is 0 Å². The van der Waals surface area contributed by atoms with Gasteiger partial charge >= 0.3 is 0 Å². The van der Waals surface area contributed by atoms with Crippen LogP contribution in [0.3, 0.4) is 0 Å². The maximum Gasteiger partial charge on any atom is 0.127 e. The lowest BCUT2D eigenvalue weighted by Gasteiger charge is -2.05. The highest BCUT2D eigenvalue weighted by Crippen LogP contribution is 2.29. The molecule has 0 fully saturated rings. The molecule has 0 unspecified atom stereocenters. The van der Waals surface area contributed by atoms with Crippen LogP contribution in [-0.2, 0) is 0 Å². The van der Waals surface area contributed by atoms with Crippen molar-refractivity contribution in [1.82, 2.24) is 0 Å². The molecule has 12 heavy (non-hydrogen) atoms. The Morgan fingerprint density at radius 3 is 2.67 bits per heavy atom. The van der Waals surface area contributed by atoms with E-state index in [0.717, 1.165) is 15.8 Å². The fourth-order valence-electron chi connectivity index (χ4n) is 0.997. The van der Waals surface area contributed by atoms with Crippen molar-refractivity contribution in [3.8, 4) is 5.75 Å². The van der Waals surface area contributed by atoms with Gasteiger partial charge in [0.1, 0.15) is 5.75 Å². The molecule has 0 aliphatic heterocycles. The Morgan fingerprint density at radius 1 is 1.42 bits per heavy atom. The largest absolute Gasteiger partial charge is 0.496 e. The summed E-state index contributed by atoms with van der Waals surface area (Å²) in [6, 6.07) is 7.91. The topological polar surface area (TPSA) is 9.23 Å². The SMILES string of the molecule is C/C=C(\Br)c1ccccc1OC. The van der Waals surface area contributed by atoms with E-state index in [0.29, 0.717) is 0 Å². The Morgan fingerprint density at radius 2 is 2.08 bits per heavy atom. The molecule has 1 nitrogen and oxygen atoms in total. The second-order valence-corrected chi connectivity index (χ2v) is 3.19. The molecule has 0 aliphatic carbocycles. The van der Waals surface area contributed by atoms with Gasteiger partial charge in [-0.2, -0.15) is 0 Å². The Balaban J connectivity index is 3.13. The predicted molar refractivity (Wildman–Crippen MR) is 55.6 cm³/mol. The summed E-state index contributed by atoms with van der Waals surface area (Å²) in [5.41, 5.74) is 1.09. The van der Waals surface area contributed by atoms with E-state index >= 15 is 0 Å². The van der Waals surface area contributed by atoms with E-state index in [2.05, 4.69) is 15.9 Å². The second kappa shape index (κ2) is 4.31. The number of ether oxygens (including phenoxy) is 1. The van der Waals surface area contributed by atoms with E-state index in [4.69, 9.17) is 4.74 Å². The van der Waals surface area contributed by atoms with Crippen LogP contribution in [0.2, 0.25) is 0 Å². The van der Waals surface area contributed by atoms with Crippen molar-refractivity contribution in [2.45, 2.75) is 6.92 Å². The molecule has 0 atom stereocenters. The summed E-state index contributed by atoms with van der Waals surface area (Å²) < 4.78 is 6.25.